The van der Waals surface area contributed by atoms with Crippen molar-refractivity contribution in [1.29, 1.82) is 0 Å². The molecule has 0 aliphatic carbocycles. The molecule has 94 valence electrons. The van der Waals surface area contributed by atoms with E-state index >= 15 is 0 Å². The number of carbonyl (C=O) groups is 1. The molecule has 1 aliphatic heterocycles. The lowest BCUT2D eigenvalue weighted by atomic mass is 10.0. The first-order valence-corrected chi connectivity index (χ1v) is 6.54. The number of amides is 1. The van der Waals surface area contributed by atoms with Crippen molar-refractivity contribution in [3.8, 4) is 0 Å². The lowest BCUT2D eigenvalue weighted by molar-refractivity contribution is -0.116. The molecule has 1 N–H and O–H groups in total. The van der Waals surface area contributed by atoms with Crippen LogP contribution in [-0.2, 0) is 4.79 Å². The van der Waals surface area contributed by atoms with E-state index in [2.05, 4.69) is 12.2 Å². The summed E-state index contributed by atoms with van der Waals surface area (Å²) >= 11 is 5.85. The molecule has 0 spiro atoms. The van der Waals surface area contributed by atoms with Crippen molar-refractivity contribution in [3.05, 3.63) is 51.7 Å². The number of rotatable bonds is 3. The minimum Gasteiger partial charge on any atom is -0.322 e. The van der Waals surface area contributed by atoms with Crippen molar-refractivity contribution in [2.24, 2.45) is 0 Å². The third-order valence-corrected chi connectivity index (χ3v) is 3.35. The molecule has 0 unspecified atom stereocenters. The Morgan fingerprint density at radius 3 is 2.28 bits per heavy atom. The summed E-state index contributed by atoms with van der Waals surface area (Å²) in [5.74, 6) is 0.0366. The molecule has 0 fully saturated rings. The van der Waals surface area contributed by atoms with E-state index < -0.39 is 0 Å². The van der Waals surface area contributed by atoms with E-state index in [1.165, 1.54) is 0 Å². The quantitative estimate of drug-likeness (QED) is 0.878. The molecule has 1 aromatic rings. The molecular weight excluding hydrogens is 246 g/mol. The molecule has 0 saturated carbocycles. The standard InChI is InChI=1S/C15H16ClNO/c1-3-12-13(4-2)15(18)17-14(12)9-10-5-7-11(16)8-6-10/h5-9H,3-4H2,1-2H3,(H,17,18)/b14-9-. The Labute approximate surface area is 112 Å². The summed E-state index contributed by atoms with van der Waals surface area (Å²) in [5.41, 5.74) is 3.98. The molecule has 1 aliphatic rings. The first kappa shape index (κ1) is 12.9. The first-order valence-electron chi connectivity index (χ1n) is 6.16. The third kappa shape index (κ3) is 2.49. The van der Waals surface area contributed by atoms with Gasteiger partial charge in [0.2, 0.25) is 0 Å². The maximum atomic E-state index is 11.8. The number of allylic oxidation sites excluding steroid dienone is 1. The van der Waals surface area contributed by atoms with Gasteiger partial charge in [0.05, 0.1) is 0 Å². The molecule has 2 nitrogen and oxygen atoms in total. The zero-order chi connectivity index (χ0) is 13.1. The van der Waals surface area contributed by atoms with Crippen molar-refractivity contribution in [1.82, 2.24) is 5.32 Å². The molecule has 2 rings (SSSR count). The second-order valence-electron chi connectivity index (χ2n) is 4.23. The zero-order valence-electron chi connectivity index (χ0n) is 10.6. The number of hydrogen-bond donors (Lipinski definition) is 1. The normalized spacial score (nSPS) is 17.5. The highest BCUT2D eigenvalue weighted by molar-refractivity contribution is 6.30. The van der Waals surface area contributed by atoms with E-state index in [1.807, 2.05) is 37.3 Å². The molecule has 0 aromatic heterocycles. The Bertz CT molecular complexity index is 526. The Kier molecular flexibility index (Phi) is 3.87. The van der Waals surface area contributed by atoms with Crippen LogP contribution < -0.4 is 5.32 Å². The Balaban J connectivity index is 2.37. The van der Waals surface area contributed by atoms with Crippen LogP contribution in [0, 0.1) is 0 Å². The largest absolute Gasteiger partial charge is 0.322 e. The summed E-state index contributed by atoms with van der Waals surface area (Å²) < 4.78 is 0. The number of hydrogen-bond acceptors (Lipinski definition) is 1. The molecule has 1 aromatic carbocycles. The topological polar surface area (TPSA) is 29.1 Å². The van der Waals surface area contributed by atoms with Gasteiger partial charge in [0.15, 0.2) is 0 Å². The van der Waals surface area contributed by atoms with Gasteiger partial charge in [0, 0.05) is 16.3 Å². The van der Waals surface area contributed by atoms with Crippen LogP contribution in [0.3, 0.4) is 0 Å². The molecule has 3 heteroatoms. The molecule has 0 radical (unpaired) electrons. The molecule has 18 heavy (non-hydrogen) atoms. The molecule has 0 atom stereocenters. The van der Waals surface area contributed by atoms with Gasteiger partial charge in [-0.1, -0.05) is 37.6 Å². The summed E-state index contributed by atoms with van der Waals surface area (Å²) in [6.07, 6.45) is 3.63. The highest BCUT2D eigenvalue weighted by Crippen LogP contribution is 2.27. The fourth-order valence-electron chi connectivity index (χ4n) is 2.20. The third-order valence-electron chi connectivity index (χ3n) is 3.10. The Morgan fingerprint density at radius 2 is 1.72 bits per heavy atom. The minimum atomic E-state index is 0.0366. The van der Waals surface area contributed by atoms with Crippen LogP contribution in [0.5, 0.6) is 0 Å². The second-order valence-corrected chi connectivity index (χ2v) is 4.66. The van der Waals surface area contributed by atoms with Gasteiger partial charge in [-0.25, -0.2) is 0 Å². The second kappa shape index (κ2) is 5.40. The van der Waals surface area contributed by atoms with E-state index in [4.69, 9.17) is 11.6 Å². The average Bonchev–Trinajstić information content (AvgIpc) is 2.67. The highest BCUT2D eigenvalue weighted by Gasteiger charge is 2.23. The van der Waals surface area contributed by atoms with Gasteiger partial charge in [-0.15, -0.1) is 0 Å². The van der Waals surface area contributed by atoms with E-state index in [9.17, 15) is 4.79 Å². The van der Waals surface area contributed by atoms with Crippen LogP contribution >= 0.6 is 11.6 Å². The van der Waals surface area contributed by atoms with Gasteiger partial charge in [0.1, 0.15) is 0 Å². The van der Waals surface area contributed by atoms with Gasteiger partial charge in [0.25, 0.3) is 5.91 Å². The van der Waals surface area contributed by atoms with Gasteiger partial charge in [-0.3, -0.25) is 4.79 Å². The van der Waals surface area contributed by atoms with Gasteiger partial charge < -0.3 is 5.32 Å². The fraction of sp³-hybridized carbons (Fsp3) is 0.267. The average molecular weight is 262 g/mol. The van der Waals surface area contributed by atoms with Crippen molar-refractivity contribution >= 4 is 23.6 Å². The smallest absolute Gasteiger partial charge is 0.251 e. The van der Waals surface area contributed by atoms with Crippen molar-refractivity contribution < 1.29 is 4.79 Å². The number of halogens is 1. The number of benzene rings is 1. The predicted octanol–water partition coefficient (Wildman–Crippen LogP) is 3.93. The maximum Gasteiger partial charge on any atom is 0.251 e. The summed E-state index contributed by atoms with van der Waals surface area (Å²) in [6, 6.07) is 7.58. The van der Waals surface area contributed by atoms with Crippen LogP contribution in [0.25, 0.3) is 6.08 Å². The monoisotopic (exact) mass is 261 g/mol. The van der Waals surface area contributed by atoms with Crippen molar-refractivity contribution in [3.63, 3.8) is 0 Å². The Morgan fingerprint density at radius 1 is 1.11 bits per heavy atom. The van der Waals surface area contributed by atoms with E-state index in [0.717, 1.165) is 35.2 Å². The highest BCUT2D eigenvalue weighted by atomic mass is 35.5. The van der Waals surface area contributed by atoms with Gasteiger partial charge in [-0.2, -0.15) is 0 Å². The zero-order valence-corrected chi connectivity index (χ0v) is 11.3. The SMILES string of the molecule is CCC1=C(CC)/C(=C/c2ccc(Cl)cc2)NC1=O. The van der Waals surface area contributed by atoms with Gasteiger partial charge >= 0.3 is 0 Å². The van der Waals surface area contributed by atoms with Crippen molar-refractivity contribution in [2.45, 2.75) is 26.7 Å². The molecule has 0 saturated heterocycles. The molecule has 0 bridgehead atoms. The molecule has 1 amide bonds. The molecule has 1 heterocycles. The van der Waals surface area contributed by atoms with E-state index in [-0.39, 0.29) is 5.91 Å². The summed E-state index contributed by atoms with van der Waals surface area (Å²) in [7, 11) is 0. The number of carbonyl (C=O) groups excluding carboxylic acids is 1. The fourth-order valence-corrected chi connectivity index (χ4v) is 2.33. The number of nitrogens with one attached hydrogen (secondary N) is 1. The van der Waals surface area contributed by atoms with E-state index in [1.54, 1.807) is 0 Å². The van der Waals surface area contributed by atoms with Crippen LogP contribution in [0.4, 0.5) is 0 Å². The Hall–Kier alpha value is -1.54. The van der Waals surface area contributed by atoms with Crippen LogP contribution in [-0.4, -0.2) is 5.91 Å². The lowest BCUT2D eigenvalue weighted by Gasteiger charge is -2.03. The van der Waals surface area contributed by atoms with Crippen LogP contribution in [0.1, 0.15) is 32.3 Å². The van der Waals surface area contributed by atoms with Crippen molar-refractivity contribution in [2.75, 3.05) is 0 Å². The minimum absolute atomic E-state index is 0.0366. The summed E-state index contributed by atoms with van der Waals surface area (Å²) in [5, 5.41) is 3.65. The van der Waals surface area contributed by atoms with Crippen LogP contribution in [0.2, 0.25) is 5.02 Å². The summed E-state index contributed by atoms with van der Waals surface area (Å²) in [6.45, 7) is 4.08. The van der Waals surface area contributed by atoms with Gasteiger partial charge in [-0.05, 0) is 42.2 Å². The molecular formula is C15H16ClNO. The predicted molar refractivity (Wildman–Crippen MR) is 75.2 cm³/mol. The van der Waals surface area contributed by atoms with E-state index in [0.29, 0.717) is 5.02 Å². The lowest BCUT2D eigenvalue weighted by Crippen LogP contribution is -2.16. The first-order chi connectivity index (χ1) is 8.65. The summed E-state index contributed by atoms with van der Waals surface area (Å²) in [4.78, 5) is 11.8. The van der Waals surface area contributed by atoms with Crippen LogP contribution in [0.15, 0.2) is 41.1 Å². The maximum absolute atomic E-state index is 11.8.